The van der Waals surface area contributed by atoms with Gasteiger partial charge in [-0.3, -0.25) is 4.79 Å². The number of hydrogen-bond donors (Lipinski definition) is 1. The summed E-state index contributed by atoms with van der Waals surface area (Å²) in [4.78, 5) is 12.4. The molecule has 88 valence electrons. The van der Waals surface area contributed by atoms with E-state index in [2.05, 4.69) is 13.0 Å². The van der Waals surface area contributed by atoms with Crippen LogP contribution in [-0.4, -0.2) is 10.9 Å². The number of fused-ring (bicyclic) bond motifs is 2. The van der Waals surface area contributed by atoms with Gasteiger partial charge >= 0.3 is 0 Å². The van der Waals surface area contributed by atoms with Crippen LogP contribution < -0.4 is 0 Å². The van der Waals surface area contributed by atoms with Crippen molar-refractivity contribution in [2.24, 2.45) is 11.8 Å². The first-order valence-electron chi connectivity index (χ1n) is 6.15. The van der Waals surface area contributed by atoms with Crippen molar-refractivity contribution < 1.29 is 9.90 Å². The largest absolute Gasteiger partial charge is 0.388 e. The van der Waals surface area contributed by atoms with Crippen LogP contribution in [-0.2, 0) is 0 Å². The first-order chi connectivity index (χ1) is 8.18. The summed E-state index contributed by atoms with van der Waals surface area (Å²) >= 11 is 0. The molecule has 3 rings (SSSR count). The quantitative estimate of drug-likeness (QED) is 0.693. The average molecular weight is 228 g/mol. The van der Waals surface area contributed by atoms with E-state index in [0.29, 0.717) is 0 Å². The Kier molecular flexibility index (Phi) is 2.40. The molecule has 0 radical (unpaired) electrons. The summed E-state index contributed by atoms with van der Waals surface area (Å²) in [6, 6.07) is 7.47. The smallest absolute Gasteiger partial charge is 0.167 e. The van der Waals surface area contributed by atoms with E-state index in [1.807, 2.05) is 24.3 Å². The monoisotopic (exact) mass is 228 g/mol. The van der Waals surface area contributed by atoms with Gasteiger partial charge in [-0.1, -0.05) is 35.9 Å². The van der Waals surface area contributed by atoms with Crippen molar-refractivity contribution in [3.05, 3.63) is 47.0 Å². The van der Waals surface area contributed by atoms with Gasteiger partial charge in [-0.25, -0.2) is 0 Å². The first kappa shape index (κ1) is 10.7. The van der Waals surface area contributed by atoms with Crippen LogP contribution in [0.4, 0.5) is 0 Å². The number of rotatable bonds is 0. The summed E-state index contributed by atoms with van der Waals surface area (Å²) in [6.07, 6.45) is 3.29. The van der Waals surface area contributed by atoms with E-state index >= 15 is 0 Å². The molecule has 0 unspecified atom stereocenters. The highest BCUT2D eigenvalue weighted by Crippen LogP contribution is 2.44. The summed E-state index contributed by atoms with van der Waals surface area (Å²) in [6.45, 7) is 2.07. The van der Waals surface area contributed by atoms with Gasteiger partial charge in [-0.15, -0.1) is 0 Å². The van der Waals surface area contributed by atoms with Gasteiger partial charge in [0.05, 0.1) is 6.10 Å². The summed E-state index contributed by atoms with van der Waals surface area (Å²) in [7, 11) is 0. The number of benzene rings is 1. The second-order valence-electron chi connectivity index (χ2n) is 5.16. The van der Waals surface area contributed by atoms with Crippen LogP contribution in [0, 0.1) is 11.8 Å². The Hall–Kier alpha value is -1.41. The number of aliphatic hydroxyl groups is 1. The molecule has 0 aromatic heterocycles. The molecule has 0 saturated heterocycles. The average Bonchev–Trinajstić information content (AvgIpc) is 2.36. The van der Waals surface area contributed by atoms with Gasteiger partial charge in [-0.2, -0.15) is 0 Å². The zero-order valence-electron chi connectivity index (χ0n) is 9.89. The Labute approximate surface area is 101 Å². The Morgan fingerprint density at radius 1 is 1.29 bits per heavy atom. The number of carbonyl (C=O) groups excluding carboxylic acids is 1. The fraction of sp³-hybridized carbons (Fsp3) is 0.400. The molecule has 1 aromatic carbocycles. The van der Waals surface area contributed by atoms with E-state index in [4.69, 9.17) is 0 Å². The minimum Gasteiger partial charge on any atom is -0.388 e. The van der Waals surface area contributed by atoms with Crippen molar-refractivity contribution in [3.8, 4) is 0 Å². The molecule has 0 spiro atoms. The molecular weight excluding hydrogens is 212 g/mol. The molecular formula is C15H16O2. The normalized spacial score (nSPS) is 31.5. The molecule has 0 fully saturated rings. The number of ketones is 1. The lowest BCUT2D eigenvalue weighted by Gasteiger charge is -2.38. The van der Waals surface area contributed by atoms with Crippen LogP contribution in [0.2, 0.25) is 0 Å². The van der Waals surface area contributed by atoms with Gasteiger partial charge in [0.2, 0.25) is 0 Å². The molecule has 2 nitrogen and oxygen atoms in total. The summed E-state index contributed by atoms with van der Waals surface area (Å²) < 4.78 is 0. The van der Waals surface area contributed by atoms with Gasteiger partial charge in [-0.05, 0) is 25.3 Å². The summed E-state index contributed by atoms with van der Waals surface area (Å²) in [5.74, 6) is 0.259. The van der Waals surface area contributed by atoms with Crippen LogP contribution >= 0.6 is 0 Å². The van der Waals surface area contributed by atoms with Gasteiger partial charge in [0.25, 0.3) is 0 Å². The predicted octanol–water partition coefficient (Wildman–Crippen LogP) is 2.89. The highest BCUT2D eigenvalue weighted by atomic mass is 16.3. The number of hydrogen-bond acceptors (Lipinski definition) is 2. The molecule has 17 heavy (non-hydrogen) atoms. The molecule has 0 saturated carbocycles. The molecule has 0 amide bonds. The number of Topliss-reactive ketones (excluding diaryl/α,β-unsaturated/α-hetero) is 1. The lowest BCUT2D eigenvalue weighted by molar-refractivity contribution is 0.0455. The lowest BCUT2D eigenvalue weighted by atomic mass is 9.67. The zero-order chi connectivity index (χ0) is 12.0. The Balaban J connectivity index is 2.09. The third-order valence-electron chi connectivity index (χ3n) is 4.08. The zero-order valence-corrected chi connectivity index (χ0v) is 9.89. The van der Waals surface area contributed by atoms with Gasteiger partial charge < -0.3 is 5.11 Å². The standard InChI is InChI=1S/C15H16O2/c1-9-6-7-12-13(8-9)15(17)11-5-3-2-4-10(11)14(12)16/h2-6,12-14,16H,7-8H2,1H3/t12-,13-,14+/m1/s1. The second-order valence-corrected chi connectivity index (χ2v) is 5.16. The maximum absolute atomic E-state index is 12.4. The molecule has 3 atom stereocenters. The number of allylic oxidation sites excluding steroid dienone is 2. The second kappa shape index (κ2) is 3.81. The van der Waals surface area contributed by atoms with Gasteiger partial charge in [0.1, 0.15) is 0 Å². The molecule has 0 aliphatic heterocycles. The Morgan fingerprint density at radius 3 is 2.88 bits per heavy atom. The highest BCUT2D eigenvalue weighted by Gasteiger charge is 2.41. The van der Waals surface area contributed by atoms with Crippen molar-refractivity contribution in [3.63, 3.8) is 0 Å². The maximum atomic E-state index is 12.4. The topological polar surface area (TPSA) is 37.3 Å². The predicted molar refractivity (Wildman–Crippen MR) is 65.7 cm³/mol. The number of carbonyl (C=O) groups is 1. The van der Waals surface area contributed by atoms with Crippen LogP contribution in [0.25, 0.3) is 0 Å². The molecule has 2 heteroatoms. The fourth-order valence-electron chi connectivity index (χ4n) is 3.13. The Morgan fingerprint density at radius 2 is 2.06 bits per heavy atom. The Bertz CT molecular complexity index is 501. The third-order valence-corrected chi connectivity index (χ3v) is 4.08. The van der Waals surface area contributed by atoms with E-state index < -0.39 is 6.10 Å². The van der Waals surface area contributed by atoms with E-state index in [1.165, 1.54) is 5.57 Å². The van der Waals surface area contributed by atoms with E-state index in [0.717, 1.165) is 24.0 Å². The first-order valence-corrected chi connectivity index (χ1v) is 6.15. The molecule has 2 aliphatic rings. The van der Waals surface area contributed by atoms with E-state index in [1.54, 1.807) is 0 Å². The van der Waals surface area contributed by atoms with Crippen LogP contribution in [0.15, 0.2) is 35.9 Å². The van der Waals surface area contributed by atoms with Crippen molar-refractivity contribution in [1.82, 2.24) is 0 Å². The fourth-order valence-corrected chi connectivity index (χ4v) is 3.13. The highest BCUT2D eigenvalue weighted by molar-refractivity contribution is 6.01. The molecule has 0 heterocycles. The van der Waals surface area contributed by atoms with Crippen molar-refractivity contribution in [2.75, 3.05) is 0 Å². The van der Waals surface area contributed by atoms with E-state index in [9.17, 15) is 9.90 Å². The maximum Gasteiger partial charge on any atom is 0.167 e. The SMILES string of the molecule is CC1=CC[C@@H]2[C@@H](C1)C(=O)c1ccccc1[C@@H]2O. The summed E-state index contributed by atoms with van der Waals surface area (Å²) in [5.41, 5.74) is 2.80. The minimum absolute atomic E-state index is 0.0232. The minimum atomic E-state index is -0.488. The van der Waals surface area contributed by atoms with Crippen molar-refractivity contribution in [1.29, 1.82) is 0 Å². The third kappa shape index (κ3) is 1.55. The van der Waals surface area contributed by atoms with Gasteiger partial charge in [0, 0.05) is 17.4 Å². The van der Waals surface area contributed by atoms with Crippen molar-refractivity contribution >= 4 is 5.78 Å². The van der Waals surface area contributed by atoms with Crippen LogP contribution in [0.3, 0.4) is 0 Å². The number of aliphatic hydroxyl groups excluding tert-OH is 1. The molecule has 1 N–H and O–H groups in total. The summed E-state index contributed by atoms with van der Waals surface area (Å²) in [5, 5.41) is 10.4. The van der Waals surface area contributed by atoms with Crippen LogP contribution in [0.1, 0.15) is 41.8 Å². The van der Waals surface area contributed by atoms with Crippen LogP contribution in [0.5, 0.6) is 0 Å². The van der Waals surface area contributed by atoms with E-state index in [-0.39, 0.29) is 17.6 Å². The van der Waals surface area contributed by atoms with Crippen molar-refractivity contribution in [2.45, 2.75) is 25.9 Å². The molecule has 2 aliphatic carbocycles. The lowest BCUT2D eigenvalue weighted by Crippen LogP contribution is -2.36. The molecule has 0 bridgehead atoms. The molecule has 1 aromatic rings. The van der Waals surface area contributed by atoms with Gasteiger partial charge in [0.15, 0.2) is 5.78 Å².